The van der Waals surface area contributed by atoms with E-state index in [0.29, 0.717) is 6.61 Å². The van der Waals surface area contributed by atoms with Crippen molar-refractivity contribution in [2.75, 3.05) is 13.7 Å². The Morgan fingerprint density at radius 1 is 1.60 bits per heavy atom. The molecule has 0 rings (SSSR count). The third kappa shape index (κ3) is 5.71. The topological polar surface area (TPSA) is 44.8 Å². The lowest BCUT2D eigenvalue weighted by molar-refractivity contribution is -0.143. The molecular weight excluding hydrogens is 212 g/mol. The molecular formula is C10H20O4Si. The molecule has 0 heterocycles. The maximum Gasteiger partial charge on any atom is 0.334 e. The van der Waals surface area contributed by atoms with Crippen LogP contribution >= 0.6 is 0 Å². The first-order valence-corrected chi connectivity index (χ1v) is 7.52. The smallest absolute Gasteiger partial charge is 0.334 e. The van der Waals surface area contributed by atoms with Crippen LogP contribution in [0.3, 0.4) is 0 Å². The van der Waals surface area contributed by atoms with Crippen molar-refractivity contribution in [2.24, 2.45) is 0 Å². The van der Waals surface area contributed by atoms with Crippen molar-refractivity contribution in [1.82, 2.24) is 0 Å². The quantitative estimate of drug-likeness (QED) is 0.382. The minimum absolute atomic E-state index is 0.274. The van der Waals surface area contributed by atoms with Crippen molar-refractivity contribution >= 4 is 14.5 Å². The summed E-state index contributed by atoms with van der Waals surface area (Å²) in [5.74, 6) is -0.427. The molecule has 0 fully saturated rings. The van der Waals surface area contributed by atoms with Crippen LogP contribution < -0.4 is 0 Å². The minimum Gasteiger partial charge on any atom is -0.457 e. The SMILES string of the molecule is C=CC(=O)OC(C)CO[Si](C)(CC)OC. The second kappa shape index (κ2) is 6.76. The summed E-state index contributed by atoms with van der Waals surface area (Å²) >= 11 is 0. The molecule has 5 heteroatoms. The van der Waals surface area contributed by atoms with Gasteiger partial charge in [0, 0.05) is 13.2 Å². The lowest BCUT2D eigenvalue weighted by atomic mass is 10.4. The van der Waals surface area contributed by atoms with E-state index in [1.165, 1.54) is 0 Å². The molecule has 0 aliphatic rings. The van der Waals surface area contributed by atoms with Gasteiger partial charge in [0.05, 0.1) is 6.61 Å². The van der Waals surface area contributed by atoms with Crippen molar-refractivity contribution in [1.29, 1.82) is 0 Å². The second-order valence-electron chi connectivity index (χ2n) is 3.45. The molecule has 0 aliphatic carbocycles. The van der Waals surface area contributed by atoms with E-state index >= 15 is 0 Å². The molecule has 0 aromatic carbocycles. The van der Waals surface area contributed by atoms with E-state index < -0.39 is 14.5 Å². The number of hydrogen-bond acceptors (Lipinski definition) is 4. The fourth-order valence-electron chi connectivity index (χ4n) is 0.879. The van der Waals surface area contributed by atoms with Crippen molar-refractivity contribution in [2.45, 2.75) is 32.5 Å². The Morgan fingerprint density at radius 3 is 2.60 bits per heavy atom. The van der Waals surface area contributed by atoms with Gasteiger partial charge in [0.2, 0.25) is 0 Å². The van der Waals surface area contributed by atoms with Gasteiger partial charge in [-0.25, -0.2) is 4.79 Å². The molecule has 0 saturated carbocycles. The van der Waals surface area contributed by atoms with Crippen molar-refractivity contribution in [3.63, 3.8) is 0 Å². The Bertz CT molecular complexity index is 213. The molecule has 0 aromatic rings. The van der Waals surface area contributed by atoms with Crippen molar-refractivity contribution < 1.29 is 18.4 Å². The van der Waals surface area contributed by atoms with Gasteiger partial charge in [-0.05, 0) is 19.5 Å². The summed E-state index contributed by atoms with van der Waals surface area (Å²) in [6, 6.07) is 0.867. The number of rotatable bonds is 7. The van der Waals surface area contributed by atoms with Crippen molar-refractivity contribution in [3.8, 4) is 0 Å². The highest BCUT2D eigenvalue weighted by Gasteiger charge is 2.28. The lowest BCUT2D eigenvalue weighted by Crippen LogP contribution is -2.39. The second-order valence-corrected chi connectivity index (χ2v) is 7.13. The summed E-state index contributed by atoms with van der Waals surface area (Å²) in [6.45, 7) is 9.47. The van der Waals surface area contributed by atoms with Gasteiger partial charge in [-0.3, -0.25) is 0 Å². The predicted molar refractivity (Wildman–Crippen MR) is 60.8 cm³/mol. The molecule has 4 nitrogen and oxygen atoms in total. The van der Waals surface area contributed by atoms with Crippen LogP contribution in [0.25, 0.3) is 0 Å². The third-order valence-electron chi connectivity index (χ3n) is 2.18. The number of carbonyl (C=O) groups is 1. The molecule has 0 aliphatic heterocycles. The maximum absolute atomic E-state index is 10.9. The Hall–Kier alpha value is -0.653. The molecule has 0 spiro atoms. The van der Waals surface area contributed by atoms with Crippen LogP contribution in [-0.2, 0) is 18.4 Å². The standard InChI is InChI=1S/C10H20O4Si/c1-6-10(11)14-9(3)8-13-15(5,7-2)12-4/h6,9H,1,7-8H2,2-5H3. The lowest BCUT2D eigenvalue weighted by Gasteiger charge is -2.25. The summed E-state index contributed by atoms with van der Waals surface area (Å²) in [6.07, 6.45) is 0.868. The maximum atomic E-state index is 10.9. The summed E-state index contributed by atoms with van der Waals surface area (Å²) in [5, 5.41) is 0. The normalized spacial score (nSPS) is 16.5. The van der Waals surface area contributed by atoms with Gasteiger partial charge in [-0.1, -0.05) is 13.5 Å². The number of hydrogen-bond donors (Lipinski definition) is 0. The molecule has 2 unspecified atom stereocenters. The highest BCUT2D eigenvalue weighted by molar-refractivity contribution is 6.65. The van der Waals surface area contributed by atoms with E-state index in [-0.39, 0.29) is 6.10 Å². The van der Waals surface area contributed by atoms with Gasteiger partial charge < -0.3 is 13.6 Å². The van der Waals surface area contributed by atoms with Crippen LogP contribution in [-0.4, -0.2) is 34.4 Å². The third-order valence-corrected chi connectivity index (χ3v) is 5.11. The average Bonchev–Trinajstić information content (AvgIpc) is 2.25. The average molecular weight is 232 g/mol. The van der Waals surface area contributed by atoms with E-state index in [4.69, 9.17) is 13.6 Å². The fourth-order valence-corrected chi connectivity index (χ4v) is 2.08. The summed E-state index contributed by atoms with van der Waals surface area (Å²) < 4.78 is 15.9. The van der Waals surface area contributed by atoms with E-state index in [1.54, 1.807) is 14.0 Å². The van der Waals surface area contributed by atoms with Gasteiger partial charge in [-0.2, -0.15) is 0 Å². The summed E-state index contributed by atoms with van der Waals surface area (Å²) in [4.78, 5) is 10.9. The van der Waals surface area contributed by atoms with Crippen LogP contribution in [0, 0.1) is 0 Å². The van der Waals surface area contributed by atoms with E-state index in [2.05, 4.69) is 6.58 Å². The van der Waals surface area contributed by atoms with Gasteiger partial charge in [-0.15, -0.1) is 0 Å². The Kier molecular flexibility index (Phi) is 6.47. The number of carbonyl (C=O) groups excluding carboxylic acids is 1. The zero-order chi connectivity index (χ0) is 11.9. The predicted octanol–water partition coefficient (Wildman–Crippen LogP) is 1.86. The van der Waals surface area contributed by atoms with Gasteiger partial charge in [0.15, 0.2) is 0 Å². The van der Waals surface area contributed by atoms with Gasteiger partial charge in [0.25, 0.3) is 0 Å². The highest BCUT2D eigenvalue weighted by atomic mass is 28.4. The molecule has 0 amide bonds. The molecule has 15 heavy (non-hydrogen) atoms. The summed E-state index contributed by atoms with van der Waals surface area (Å²) in [5.41, 5.74) is 0. The molecule has 0 saturated heterocycles. The first kappa shape index (κ1) is 14.3. The number of esters is 1. The Balaban J connectivity index is 3.93. The molecule has 2 atom stereocenters. The molecule has 0 bridgehead atoms. The summed E-state index contributed by atoms with van der Waals surface area (Å²) in [7, 11) is -0.390. The minimum atomic E-state index is -2.04. The molecule has 0 radical (unpaired) electrons. The zero-order valence-electron chi connectivity index (χ0n) is 9.91. The first-order valence-electron chi connectivity index (χ1n) is 4.99. The van der Waals surface area contributed by atoms with Gasteiger partial charge >= 0.3 is 14.5 Å². The van der Waals surface area contributed by atoms with E-state index in [0.717, 1.165) is 12.1 Å². The zero-order valence-corrected chi connectivity index (χ0v) is 10.9. The highest BCUT2D eigenvalue weighted by Crippen LogP contribution is 2.12. The van der Waals surface area contributed by atoms with Crippen LogP contribution in [0.5, 0.6) is 0 Å². The van der Waals surface area contributed by atoms with Crippen LogP contribution in [0.4, 0.5) is 0 Å². The van der Waals surface area contributed by atoms with Crippen molar-refractivity contribution in [3.05, 3.63) is 12.7 Å². The molecule has 0 aromatic heterocycles. The number of ether oxygens (including phenoxy) is 1. The van der Waals surface area contributed by atoms with Crippen LogP contribution in [0.2, 0.25) is 12.6 Å². The fraction of sp³-hybridized carbons (Fsp3) is 0.700. The molecule has 88 valence electrons. The van der Waals surface area contributed by atoms with Gasteiger partial charge in [0.1, 0.15) is 6.10 Å². The first-order chi connectivity index (χ1) is 6.97. The van der Waals surface area contributed by atoms with Crippen LogP contribution in [0.1, 0.15) is 13.8 Å². The Morgan fingerprint density at radius 2 is 2.20 bits per heavy atom. The van der Waals surface area contributed by atoms with E-state index in [9.17, 15) is 4.79 Å². The monoisotopic (exact) mass is 232 g/mol. The van der Waals surface area contributed by atoms with E-state index in [1.807, 2.05) is 13.5 Å². The largest absolute Gasteiger partial charge is 0.457 e. The van der Waals surface area contributed by atoms with Crippen LogP contribution in [0.15, 0.2) is 12.7 Å². The molecule has 0 N–H and O–H groups in total. The Labute approximate surface area is 92.5 Å².